The number of benzene rings is 1. The van der Waals surface area contributed by atoms with Gasteiger partial charge in [-0.15, -0.1) is 0 Å². The van der Waals surface area contributed by atoms with Crippen molar-refractivity contribution in [3.8, 4) is 0 Å². The molecule has 7 heteroatoms. The Balaban J connectivity index is 1.83. The van der Waals surface area contributed by atoms with Crippen molar-refractivity contribution >= 4 is 11.6 Å². The van der Waals surface area contributed by atoms with E-state index in [1.54, 1.807) is 30.3 Å². The minimum atomic E-state index is -0.397. The summed E-state index contributed by atoms with van der Waals surface area (Å²) in [4.78, 5) is 31.9. The maximum absolute atomic E-state index is 12.9. The van der Waals surface area contributed by atoms with Crippen LogP contribution < -0.4 is 0 Å². The minimum Gasteiger partial charge on any atom is -0.337 e. The zero-order chi connectivity index (χ0) is 19.2. The Kier molecular flexibility index (Phi) is 6.13. The topological polar surface area (TPSA) is 79.6 Å². The van der Waals surface area contributed by atoms with E-state index < -0.39 is 4.92 Å². The first-order chi connectivity index (χ1) is 13.0. The molecule has 1 saturated heterocycles. The van der Waals surface area contributed by atoms with E-state index >= 15 is 0 Å². The molecule has 1 unspecified atom stereocenters. The lowest BCUT2D eigenvalue weighted by atomic mass is 10.0. The molecule has 1 aliphatic heterocycles. The second-order valence-corrected chi connectivity index (χ2v) is 6.88. The molecule has 1 aromatic carbocycles. The second kappa shape index (κ2) is 8.73. The van der Waals surface area contributed by atoms with E-state index in [4.69, 9.17) is 0 Å². The van der Waals surface area contributed by atoms with E-state index in [1.165, 1.54) is 6.07 Å². The Labute approximate surface area is 158 Å². The average Bonchev–Trinajstić information content (AvgIpc) is 3.19. The largest absolute Gasteiger partial charge is 0.337 e. The summed E-state index contributed by atoms with van der Waals surface area (Å²) in [7, 11) is 1.77. The van der Waals surface area contributed by atoms with Gasteiger partial charge in [0.25, 0.3) is 5.69 Å². The molecule has 1 aliphatic rings. The van der Waals surface area contributed by atoms with Crippen molar-refractivity contribution in [2.45, 2.75) is 25.3 Å². The highest BCUT2D eigenvalue weighted by Gasteiger charge is 2.27. The molecule has 0 bridgehead atoms. The molecule has 142 valence electrons. The lowest BCUT2D eigenvalue weighted by molar-refractivity contribution is -0.385. The highest BCUT2D eigenvalue weighted by molar-refractivity contribution is 5.78. The third-order valence-corrected chi connectivity index (χ3v) is 5.02. The molecular formula is C20H24N4O3. The number of hydrogen-bond acceptors (Lipinski definition) is 5. The number of likely N-dealkylation sites (N-methyl/N-ethyl adjacent to an activating group) is 1. The summed E-state index contributed by atoms with van der Waals surface area (Å²) in [6.07, 6.45) is 4.17. The first kappa shape index (κ1) is 19.0. The molecule has 0 aliphatic carbocycles. The van der Waals surface area contributed by atoms with Crippen LogP contribution in [-0.4, -0.2) is 52.3 Å². The summed E-state index contributed by atoms with van der Waals surface area (Å²) in [6.45, 7) is 2.66. The van der Waals surface area contributed by atoms with E-state index in [0.717, 1.165) is 31.5 Å². The van der Waals surface area contributed by atoms with Crippen molar-refractivity contribution in [1.29, 1.82) is 0 Å². The maximum atomic E-state index is 12.9. The van der Waals surface area contributed by atoms with Crippen LogP contribution in [0.3, 0.4) is 0 Å². The summed E-state index contributed by atoms with van der Waals surface area (Å²) in [5.41, 5.74) is 1.55. The van der Waals surface area contributed by atoms with Crippen molar-refractivity contribution in [1.82, 2.24) is 14.8 Å². The zero-order valence-corrected chi connectivity index (χ0v) is 15.5. The fourth-order valence-corrected chi connectivity index (χ4v) is 3.46. The van der Waals surface area contributed by atoms with Crippen LogP contribution in [0, 0.1) is 10.1 Å². The van der Waals surface area contributed by atoms with Crippen LogP contribution in [0.2, 0.25) is 0 Å². The molecule has 1 amide bonds. The molecule has 0 spiro atoms. The number of nitrogens with zero attached hydrogens (tertiary/aromatic N) is 4. The Morgan fingerprint density at radius 2 is 2.04 bits per heavy atom. The van der Waals surface area contributed by atoms with E-state index in [0.29, 0.717) is 12.2 Å². The van der Waals surface area contributed by atoms with Gasteiger partial charge in [-0.25, -0.2) is 0 Å². The summed E-state index contributed by atoms with van der Waals surface area (Å²) >= 11 is 0. The van der Waals surface area contributed by atoms with Crippen molar-refractivity contribution < 1.29 is 9.72 Å². The lowest BCUT2D eigenvalue weighted by Crippen LogP contribution is -2.39. The van der Waals surface area contributed by atoms with Gasteiger partial charge < -0.3 is 9.80 Å². The highest BCUT2D eigenvalue weighted by atomic mass is 16.6. The monoisotopic (exact) mass is 368 g/mol. The summed E-state index contributed by atoms with van der Waals surface area (Å²) < 4.78 is 0. The molecular weight excluding hydrogens is 344 g/mol. The van der Waals surface area contributed by atoms with E-state index in [2.05, 4.69) is 9.88 Å². The van der Waals surface area contributed by atoms with Crippen LogP contribution in [-0.2, 0) is 11.2 Å². The third-order valence-electron chi connectivity index (χ3n) is 5.02. The van der Waals surface area contributed by atoms with Crippen LogP contribution >= 0.6 is 0 Å². The van der Waals surface area contributed by atoms with Crippen molar-refractivity contribution in [2.24, 2.45) is 0 Å². The molecule has 3 rings (SSSR count). The number of hydrogen-bond donors (Lipinski definition) is 0. The number of nitro groups is 1. The Morgan fingerprint density at radius 1 is 1.26 bits per heavy atom. The van der Waals surface area contributed by atoms with E-state index in [1.807, 2.05) is 24.3 Å². The van der Waals surface area contributed by atoms with Crippen LogP contribution in [0.25, 0.3) is 0 Å². The smallest absolute Gasteiger partial charge is 0.269 e. The van der Waals surface area contributed by atoms with E-state index in [9.17, 15) is 14.9 Å². The average molecular weight is 368 g/mol. The fourth-order valence-electron chi connectivity index (χ4n) is 3.46. The number of amides is 1. The van der Waals surface area contributed by atoms with Crippen molar-refractivity contribution in [3.05, 3.63) is 70.0 Å². The summed E-state index contributed by atoms with van der Waals surface area (Å²) in [5.74, 6) is -0.0515. The molecule has 2 aromatic rings. The van der Waals surface area contributed by atoms with Gasteiger partial charge in [0.1, 0.15) is 0 Å². The molecule has 1 aromatic heterocycles. The fraction of sp³-hybridized carbons (Fsp3) is 0.400. The van der Waals surface area contributed by atoms with E-state index in [-0.39, 0.29) is 24.1 Å². The standard InChI is InChI=1S/C20H24N4O3/c1-22(20(25)14-17-8-2-3-10-21-17)19(15-23-11-4-5-12-23)16-7-6-9-18(13-16)24(26)27/h2-3,6-10,13,19H,4-5,11-12,14-15H2,1H3. The minimum absolute atomic E-state index is 0.0458. The summed E-state index contributed by atoms with van der Waals surface area (Å²) in [6, 6.07) is 11.9. The first-order valence-electron chi connectivity index (χ1n) is 9.17. The summed E-state index contributed by atoms with van der Waals surface area (Å²) in [5, 5.41) is 11.2. The second-order valence-electron chi connectivity index (χ2n) is 6.88. The zero-order valence-electron chi connectivity index (χ0n) is 15.5. The number of pyridine rings is 1. The van der Waals surface area contributed by atoms with Gasteiger partial charge in [0.2, 0.25) is 5.91 Å². The number of aromatic nitrogens is 1. The van der Waals surface area contributed by atoms with Gasteiger partial charge >= 0.3 is 0 Å². The van der Waals surface area contributed by atoms with Crippen LogP contribution in [0.5, 0.6) is 0 Å². The molecule has 1 atom stereocenters. The molecule has 1 fully saturated rings. The van der Waals surface area contributed by atoms with Gasteiger partial charge in [0.05, 0.1) is 17.4 Å². The van der Waals surface area contributed by atoms with Gasteiger partial charge in [-0.05, 0) is 43.6 Å². The lowest BCUT2D eigenvalue weighted by Gasteiger charge is -2.32. The number of non-ortho nitro benzene ring substituents is 1. The Hall–Kier alpha value is -2.80. The molecule has 0 radical (unpaired) electrons. The molecule has 27 heavy (non-hydrogen) atoms. The van der Waals surface area contributed by atoms with Gasteiger partial charge in [-0.2, -0.15) is 0 Å². The molecule has 0 N–H and O–H groups in total. The predicted octanol–water partition coefficient (Wildman–Crippen LogP) is 2.83. The van der Waals surface area contributed by atoms with Crippen LogP contribution in [0.15, 0.2) is 48.7 Å². The third kappa shape index (κ3) is 4.89. The normalized spacial score (nSPS) is 15.4. The Bertz CT molecular complexity index is 791. The highest BCUT2D eigenvalue weighted by Crippen LogP contribution is 2.26. The predicted molar refractivity (Wildman–Crippen MR) is 102 cm³/mol. The number of likely N-dealkylation sites (tertiary alicyclic amines) is 1. The first-order valence-corrected chi connectivity index (χ1v) is 9.17. The van der Waals surface area contributed by atoms with Crippen LogP contribution in [0.1, 0.15) is 30.1 Å². The van der Waals surface area contributed by atoms with Crippen molar-refractivity contribution in [3.63, 3.8) is 0 Å². The quantitative estimate of drug-likeness (QED) is 0.555. The van der Waals surface area contributed by atoms with Gasteiger partial charge in [-0.1, -0.05) is 18.2 Å². The maximum Gasteiger partial charge on any atom is 0.269 e. The molecule has 0 saturated carbocycles. The molecule has 7 nitrogen and oxygen atoms in total. The van der Waals surface area contributed by atoms with Gasteiger partial charge in [0, 0.05) is 37.6 Å². The van der Waals surface area contributed by atoms with Gasteiger partial charge in [0.15, 0.2) is 0 Å². The van der Waals surface area contributed by atoms with Gasteiger partial charge in [-0.3, -0.25) is 19.9 Å². The SMILES string of the molecule is CN(C(=O)Cc1ccccn1)C(CN1CCCC1)c1cccc([N+](=O)[O-])c1. The number of nitro benzene ring substituents is 1. The van der Waals surface area contributed by atoms with Crippen LogP contribution in [0.4, 0.5) is 5.69 Å². The number of rotatable bonds is 7. The number of carbonyl (C=O) groups is 1. The Morgan fingerprint density at radius 3 is 2.70 bits per heavy atom. The van der Waals surface area contributed by atoms with Crippen molar-refractivity contribution in [2.75, 3.05) is 26.7 Å². The molecule has 2 heterocycles. The number of carbonyl (C=O) groups excluding carboxylic acids is 1.